The topological polar surface area (TPSA) is 77.5 Å². The Morgan fingerprint density at radius 2 is 1.92 bits per heavy atom. The Morgan fingerprint density at radius 3 is 2.64 bits per heavy atom. The van der Waals surface area contributed by atoms with Gasteiger partial charge in [-0.25, -0.2) is 4.98 Å². The molecule has 0 aliphatic rings. The molecular formula is C18H22IN5O. The van der Waals surface area contributed by atoms with Gasteiger partial charge >= 0.3 is 0 Å². The van der Waals surface area contributed by atoms with E-state index in [1.165, 1.54) is 0 Å². The van der Waals surface area contributed by atoms with Crippen LogP contribution >= 0.6 is 24.0 Å². The van der Waals surface area contributed by atoms with E-state index >= 15 is 0 Å². The Balaban J connectivity index is 0.00000225. The molecule has 0 amide bonds. The summed E-state index contributed by atoms with van der Waals surface area (Å²) < 4.78 is 7.28. The lowest BCUT2D eigenvalue weighted by molar-refractivity contribution is 0.415. The number of guanidine groups is 1. The summed E-state index contributed by atoms with van der Waals surface area (Å²) in [5.41, 5.74) is 8.95. The summed E-state index contributed by atoms with van der Waals surface area (Å²) in [6.45, 7) is 3.32. The van der Waals surface area contributed by atoms with Crippen LogP contribution in [-0.2, 0) is 6.54 Å². The summed E-state index contributed by atoms with van der Waals surface area (Å²) in [5, 5.41) is 3.07. The zero-order valence-corrected chi connectivity index (χ0v) is 16.6. The van der Waals surface area contributed by atoms with Crippen LogP contribution in [0.5, 0.6) is 5.75 Å². The van der Waals surface area contributed by atoms with Crippen LogP contribution in [0.2, 0.25) is 0 Å². The molecule has 7 heteroatoms. The van der Waals surface area contributed by atoms with Crippen LogP contribution in [0.15, 0.2) is 53.5 Å². The van der Waals surface area contributed by atoms with E-state index in [9.17, 15) is 0 Å². The number of ether oxygens (including phenoxy) is 1. The van der Waals surface area contributed by atoms with Crippen LogP contribution in [0.3, 0.4) is 0 Å². The number of nitrogens with two attached hydrogens (primary N) is 1. The van der Waals surface area contributed by atoms with Crippen LogP contribution in [-0.4, -0.2) is 29.2 Å². The highest BCUT2D eigenvalue weighted by Gasteiger charge is 2.05. The van der Waals surface area contributed by atoms with Crippen molar-refractivity contribution in [2.75, 3.05) is 19.0 Å². The fraction of sp³-hybridized carbons (Fsp3) is 0.222. The Bertz CT molecular complexity index is 858. The highest BCUT2D eigenvalue weighted by molar-refractivity contribution is 14.0. The molecule has 25 heavy (non-hydrogen) atoms. The maximum atomic E-state index is 5.95. The molecule has 0 spiro atoms. The molecule has 3 rings (SSSR count). The molecule has 1 aromatic heterocycles. The monoisotopic (exact) mass is 451 g/mol. The van der Waals surface area contributed by atoms with Crippen LogP contribution < -0.4 is 15.8 Å². The number of rotatable bonds is 5. The normalized spacial score (nSPS) is 11.2. The molecule has 1 heterocycles. The minimum atomic E-state index is 0. The fourth-order valence-electron chi connectivity index (χ4n) is 2.61. The van der Waals surface area contributed by atoms with Crippen LogP contribution in [0.1, 0.15) is 5.82 Å². The second kappa shape index (κ2) is 8.70. The number of aliphatic imine (C=N–C) groups is 1. The first kappa shape index (κ1) is 19.0. The predicted octanol–water partition coefficient (Wildman–Crippen LogP) is 3.40. The summed E-state index contributed by atoms with van der Waals surface area (Å²) >= 11 is 0. The van der Waals surface area contributed by atoms with Gasteiger partial charge in [0.05, 0.1) is 24.7 Å². The minimum absolute atomic E-state index is 0. The van der Waals surface area contributed by atoms with Crippen molar-refractivity contribution < 1.29 is 4.74 Å². The highest BCUT2D eigenvalue weighted by atomic mass is 127. The third-order valence-electron chi connectivity index (χ3n) is 3.81. The number of hydrogen-bond acceptors (Lipinski definition) is 3. The van der Waals surface area contributed by atoms with Crippen molar-refractivity contribution in [2.45, 2.75) is 13.5 Å². The summed E-state index contributed by atoms with van der Waals surface area (Å²) in [5.74, 6) is 2.17. The van der Waals surface area contributed by atoms with Crippen LogP contribution in [0, 0.1) is 6.92 Å². The van der Waals surface area contributed by atoms with E-state index in [0.29, 0.717) is 12.5 Å². The molecule has 0 saturated heterocycles. The first-order valence-electron chi connectivity index (χ1n) is 7.80. The van der Waals surface area contributed by atoms with Gasteiger partial charge in [0.1, 0.15) is 11.6 Å². The Kier molecular flexibility index (Phi) is 6.63. The van der Waals surface area contributed by atoms with Crippen molar-refractivity contribution in [3.8, 4) is 5.75 Å². The highest BCUT2D eigenvalue weighted by Crippen LogP contribution is 2.16. The van der Waals surface area contributed by atoms with Crippen molar-refractivity contribution in [2.24, 2.45) is 10.7 Å². The van der Waals surface area contributed by atoms with E-state index in [2.05, 4.69) is 25.9 Å². The number of fused-ring (bicyclic) bond motifs is 1. The van der Waals surface area contributed by atoms with Gasteiger partial charge in [0.2, 0.25) is 0 Å². The van der Waals surface area contributed by atoms with Gasteiger partial charge < -0.3 is 20.4 Å². The summed E-state index contributed by atoms with van der Waals surface area (Å²) in [6.07, 6.45) is 0. The molecule has 0 saturated carbocycles. The van der Waals surface area contributed by atoms with E-state index in [-0.39, 0.29) is 24.0 Å². The molecule has 0 atom stereocenters. The molecular weight excluding hydrogens is 429 g/mol. The number of nitrogens with one attached hydrogen (secondary N) is 1. The molecule has 132 valence electrons. The molecule has 0 aliphatic carbocycles. The average molecular weight is 451 g/mol. The van der Waals surface area contributed by atoms with Gasteiger partial charge in [-0.05, 0) is 43.3 Å². The molecule has 2 aromatic carbocycles. The Hall–Kier alpha value is -2.29. The van der Waals surface area contributed by atoms with Gasteiger partial charge in [0.25, 0.3) is 0 Å². The number of benzene rings is 2. The summed E-state index contributed by atoms with van der Waals surface area (Å²) in [4.78, 5) is 8.94. The second-order valence-electron chi connectivity index (χ2n) is 5.42. The van der Waals surface area contributed by atoms with Gasteiger partial charge in [-0.15, -0.1) is 24.0 Å². The zero-order chi connectivity index (χ0) is 16.9. The van der Waals surface area contributed by atoms with E-state index in [4.69, 9.17) is 10.5 Å². The number of halogens is 1. The maximum Gasteiger partial charge on any atom is 0.193 e. The fourth-order valence-corrected chi connectivity index (χ4v) is 2.61. The molecule has 0 aliphatic heterocycles. The number of hydrogen-bond donors (Lipinski definition) is 2. The van der Waals surface area contributed by atoms with Gasteiger partial charge in [-0.3, -0.25) is 4.99 Å². The lowest BCUT2D eigenvalue weighted by Gasteiger charge is -2.08. The number of para-hydroxylation sites is 2. The summed E-state index contributed by atoms with van der Waals surface area (Å²) in [7, 11) is 1.64. The summed E-state index contributed by atoms with van der Waals surface area (Å²) in [6, 6.07) is 15.6. The van der Waals surface area contributed by atoms with Crippen molar-refractivity contribution >= 4 is 46.7 Å². The SMILES string of the molecule is COc1ccc(NC(N)=NCCn2c(C)nc3ccccc32)cc1.I. The van der Waals surface area contributed by atoms with Gasteiger partial charge in [0, 0.05) is 12.2 Å². The van der Waals surface area contributed by atoms with Crippen molar-refractivity contribution in [1.29, 1.82) is 0 Å². The molecule has 3 N–H and O–H groups in total. The lowest BCUT2D eigenvalue weighted by atomic mass is 10.3. The number of aryl methyl sites for hydroxylation is 1. The minimum Gasteiger partial charge on any atom is -0.497 e. The van der Waals surface area contributed by atoms with E-state index < -0.39 is 0 Å². The average Bonchev–Trinajstić information content (AvgIpc) is 2.91. The number of imidazole rings is 1. The van der Waals surface area contributed by atoms with E-state index in [1.807, 2.05) is 49.4 Å². The molecule has 0 radical (unpaired) electrons. The molecule has 0 fully saturated rings. The first-order valence-corrected chi connectivity index (χ1v) is 7.80. The van der Waals surface area contributed by atoms with Gasteiger partial charge in [-0.1, -0.05) is 12.1 Å². The second-order valence-corrected chi connectivity index (χ2v) is 5.42. The third kappa shape index (κ3) is 4.62. The van der Waals surface area contributed by atoms with Crippen molar-refractivity contribution in [1.82, 2.24) is 9.55 Å². The number of methoxy groups -OCH3 is 1. The Morgan fingerprint density at radius 1 is 1.20 bits per heavy atom. The lowest BCUT2D eigenvalue weighted by Crippen LogP contribution is -2.23. The first-order chi connectivity index (χ1) is 11.7. The molecule has 3 aromatic rings. The predicted molar refractivity (Wildman–Crippen MR) is 113 cm³/mol. The third-order valence-corrected chi connectivity index (χ3v) is 3.81. The zero-order valence-electron chi connectivity index (χ0n) is 14.3. The molecule has 6 nitrogen and oxygen atoms in total. The van der Waals surface area contributed by atoms with Gasteiger partial charge in [-0.2, -0.15) is 0 Å². The van der Waals surface area contributed by atoms with E-state index in [1.54, 1.807) is 7.11 Å². The molecule has 0 unspecified atom stereocenters. The van der Waals surface area contributed by atoms with Gasteiger partial charge in [0.15, 0.2) is 5.96 Å². The van der Waals surface area contributed by atoms with Crippen LogP contribution in [0.4, 0.5) is 5.69 Å². The molecule has 0 bridgehead atoms. The van der Waals surface area contributed by atoms with Crippen LogP contribution in [0.25, 0.3) is 11.0 Å². The number of aromatic nitrogens is 2. The van der Waals surface area contributed by atoms with E-state index in [0.717, 1.165) is 34.8 Å². The number of nitrogens with zero attached hydrogens (tertiary/aromatic N) is 3. The largest absolute Gasteiger partial charge is 0.497 e. The number of anilines is 1. The standard InChI is InChI=1S/C18H21N5O.HI/c1-13-21-16-5-3-4-6-17(16)23(13)12-11-20-18(19)22-14-7-9-15(24-2)10-8-14;/h3-10H,11-12H2,1-2H3,(H3,19,20,22);1H. The Labute approximate surface area is 164 Å². The van der Waals surface area contributed by atoms with Crippen molar-refractivity contribution in [3.05, 3.63) is 54.4 Å². The quantitative estimate of drug-likeness (QED) is 0.354. The smallest absolute Gasteiger partial charge is 0.193 e. The van der Waals surface area contributed by atoms with Crippen molar-refractivity contribution in [3.63, 3.8) is 0 Å². The maximum absolute atomic E-state index is 5.95.